The van der Waals surface area contributed by atoms with Crippen LogP contribution in [0.3, 0.4) is 0 Å². The maximum Gasteiger partial charge on any atom is 0.313 e. The maximum atomic E-state index is 11.7. The second-order valence-electron chi connectivity index (χ2n) is 6.46. The number of carboxylic acid groups (broad SMARTS) is 1. The van der Waals surface area contributed by atoms with Gasteiger partial charge in [0.25, 0.3) is 0 Å². The summed E-state index contributed by atoms with van der Waals surface area (Å²) in [6, 6.07) is 6.11. The van der Waals surface area contributed by atoms with Crippen molar-refractivity contribution >= 4 is 5.97 Å². The lowest BCUT2D eigenvalue weighted by Crippen LogP contribution is -2.35. The summed E-state index contributed by atoms with van der Waals surface area (Å²) in [5, 5.41) is 9.58. The van der Waals surface area contributed by atoms with Gasteiger partial charge >= 0.3 is 5.97 Å². The van der Waals surface area contributed by atoms with E-state index in [1.54, 1.807) is 6.92 Å². The van der Waals surface area contributed by atoms with Crippen LogP contribution in [-0.2, 0) is 15.6 Å². The third-order valence-electron chi connectivity index (χ3n) is 3.81. The molecule has 0 heterocycles. The van der Waals surface area contributed by atoms with Gasteiger partial charge in [-0.15, -0.1) is 0 Å². The highest BCUT2D eigenvalue weighted by Crippen LogP contribution is 2.34. The zero-order valence-corrected chi connectivity index (χ0v) is 12.6. The van der Waals surface area contributed by atoms with Crippen LogP contribution in [0.1, 0.15) is 50.8 Å². The van der Waals surface area contributed by atoms with Gasteiger partial charge in [-0.05, 0) is 48.9 Å². The molecule has 0 aliphatic heterocycles. The second-order valence-corrected chi connectivity index (χ2v) is 6.46. The number of nitrogens with two attached hydrogens (primary N) is 1. The van der Waals surface area contributed by atoms with E-state index in [-0.39, 0.29) is 5.41 Å². The number of carboxylic acids is 1. The molecule has 0 spiro atoms. The Kier molecular flexibility index (Phi) is 4.41. The minimum absolute atomic E-state index is 0.00454. The van der Waals surface area contributed by atoms with E-state index in [9.17, 15) is 9.90 Å². The number of benzene rings is 1. The van der Waals surface area contributed by atoms with Gasteiger partial charge in [-0.2, -0.15) is 0 Å². The van der Waals surface area contributed by atoms with E-state index >= 15 is 0 Å². The number of aryl methyl sites for hydroxylation is 1. The van der Waals surface area contributed by atoms with Crippen LogP contribution in [0.15, 0.2) is 18.2 Å². The first-order valence-corrected chi connectivity index (χ1v) is 6.68. The van der Waals surface area contributed by atoms with E-state index in [2.05, 4.69) is 26.8 Å². The van der Waals surface area contributed by atoms with Gasteiger partial charge in [0.1, 0.15) is 0 Å². The van der Waals surface area contributed by atoms with Gasteiger partial charge in [-0.1, -0.05) is 39.0 Å². The molecule has 1 unspecified atom stereocenters. The van der Waals surface area contributed by atoms with Gasteiger partial charge in [-0.3, -0.25) is 4.79 Å². The zero-order valence-electron chi connectivity index (χ0n) is 12.6. The van der Waals surface area contributed by atoms with Crippen molar-refractivity contribution in [3.05, 3.63) is 34.9 Å². The van der Waals surface area contributed by atoms with Crippen LogP contribution in [0, 0.1) is 6.92 Å². The van der Waals surface area contributed by atoms with E-state index in [4.69, 9.17) is 5.73 Å². The van der Waals surface area contributed by atoms with Crippen LogP contribution in [0.4, 0.5) is 0 Å². The molecule has 3 nitrogen and oxygen atoms in total. The molecule has 0 saturated carbocycles. The molecule has 1 aromatic rings. The Morgan fingerprint density at radius 1 is 1.26 bits per heavy atom. The molecule has 3 heteroatoms. The smallest absolute Gasteiger partial charge is 0.313 e. The summed E-state index contributed by atoms with van der Waals surface area (Å²) in [6.07, 6.45) is 0.441. The number of hydrogen-bond acceptors (Lipinski definition) is 2. The monoisotopic (exact) mass is 263 g/mol. The molecule has 0 radical (unpaired) electrons. The van der Waals surface area contributed by atoms with E-state index in [0.717, 1.165) is 16.7 Å². The molecule has 0 aliphatic rings. The van der Waals surface area contributed by atoms with Gasteiger partial charge < -0.3 is 10.8 Å². The minimum Gasteiger partial charge on any atom is -0.481 e. The van der Waals surface area contributed by atoms with Crippen molar-refractivity contribution < 1.29 is 9.90 Å². The molecule has 1 atom stereocenters. The Balaban J connectivity index is 3.43. The van der Waals surface area contributed by atoms with E-state index in [0.29, 0.717) is 13.0 Å². The van der Waals surface area contributed by atoms with Crippen molar-refractivity contribution in [1.82, 2.24) is 0 Å². The van der Waals surface area contributed by atoms with Crippen molar-refractivity contribution in [3.63, 3.8) is 0 Å². The second kappa shape index (κ2) is 5.33. The molecule has 106 valence electrons. The van der Waals surface area contributed by atoms with Crippen molar-refractivity contribution in [2.75, 3.05) is 6.54 Å². The predicted molar refractivity (Wildman–Crippen MR) is 78.5 cm³/mol. The quantitative estimate of drug-likeness (QED) is 0.877. The molecule has 0 aliphatic carbocycles. The highest BCUT2D eigenvalue weighted by molar-refractivity contribution is 5.81. The van der Waals surface area contributed by atoms with Crippen LogP contribution >= 0.6 is 0 Å². The van der Waals surface area contributed by atoms with Crippen molar-refractivity contribution in [2.45, 2.75) is 51.9 Å². The molecular weight excluding hydrogens is 238 g/mol. The fourth-order valence-electron chi connectivity index (χ4n) is 2.33. The Labute approximate surface area is 115 Å². The summed E-state index contributed by atoms with van der Waals surface area (Å²) in [7, 11) is 0. The standard InChI is InChI=1S/C16H25NO2/c1-11-6-7-12(15(2,3)4)10-13(11)16(5,8-9-17)14(18)19/h6-7,10H,8-9,17H2,1-5H3,(H,18,19). The zero-order chi connectivity index (χ0) is 14.8. The molecular formula is C16H25NO2. The maximum absolute atomic E-state index is 11.7. The van der Waals surface area contributed by atoms with Gasteiger partial charge in [-0.25, -0.2) is 0 Å². The summed E-state index contributed by atoms with van der Waals surface area (Å²) in [5.74, 6) is -0.813. The Bertz CT molecular complexity index is 474. The summed E-state index contributed by atoms with van der Waals surface area (Å²) < 4.78 is 0. The topological polar surface area (TPSA) is 63.3 Å². The van der Waals surface area contributed by atoms with Crippen LogP contribution < -0.4 is 5.73 Å². The summed E-state index contributed by atoms with van der Waals surface area (Å²) in [5.41, 5.74) is 7.72. The summed E-state index contributed by atoms with van der Waals surface area (Å²) >= 11 is 0. The lowest BCUT2D eigenvalue weighted by molar-refractivity contribution is -0.143. The van der Waals surface area contributed by atoms with Crippen LogP contribution in [0.5, 0.6) is 0 Å². The molecule has 0 aromatic heterocycles. The summed E-state index contributed by atoms with van der Waals surface area (Å²) in [4.78, 5) is 11.7. The molecule has 0 bridgehead atoms. The Morgan fingerprint density at radius 3 is 2.26 bits per heavy atom. The van der Waals surface area contributed by atoms with Crippen molar-refractivity contribution in [1.29, 1.82) is 0 Å². The highest BCUT2D eigenvalue weighted by atomic mass is 16.4. The molecule has 1 rings (SSSR count). The van der Waals surface area contributed by atoms with Crippen molar-refractivity contribution in [2.24, 2.45) is 5.73 Å². The predicted octanol–water partition coefficient (Wildman–Crippen LogP) is 2.98. The normalized spacial score (nSPS) is 15.1. The third kappa shape index (κ3) is 3.16. The first kappa shape index (κ1) is 15.7. The number of rotatable bonds is 4. The summed E-state index contributed by atoms with van der Waals surface area (Å²) in [6.45, 7) is 10.5. The first-order chi connectivity index (χ1) is 8.63. The molecule has 3 N–H and O–H groups in total. The largest absolute Gasteiger partial charge is 0.481 e. The van der Waals surface area contributed by atoms with Gasteiger partial charge in [0.05, 0.1) is 5.41 Å². The fourth-order valence-corrected chi connectivity index (χ4v) is 2.33. The third-order valence-corrected chi connectivity index (χ3v) is 3.81. The van der Waals surface area contributed by atoms with Crippen LogP contribution in [-0.4, -0.2) is 17.6 Å². The molecule has 19 heavy (non-hydrogen) atoms. The van der Waals surface area contributed by atoms with Crippen molar-refractivity contribution in [3.8, 4) is 0 Å². The minimum atomic E-state index is -0.917. The molecule has 0 fully saturated rings. The number of carbonyl (C=O) groups is 1. The average Bonchev–Trinajstić information content (AvgIpc) is 2.27. The number of aliphatic carboxylic acids is 1. The SMILES string of the molecule is Cc1ccc(C(C)(C)C)cc1C(C)(CCN)C(=O)O. The Morgan fingerprint density at radius 2 is 1.84 bits per heavy atom. The van der Waals surface area contributed by atoms with Crippen LogP contribution in [0.2, 0.25) is 0 Å². The van der Waals surface area contributed by atoms with Gasteiger partial charge in [0.15, 0.2) is 0 Å². The van der Waals surface area contributed by atoms with Gasteiger partial charge in [0.2, 0.25) is 0 Å². The highest BCUT2D eigenvalue weighted by Gasteiger charge is 2.36. The van der Waals surface area contributed by atoms with E-state index in [1.807, 2.05) is 19.1 Å². The lowest BCUT2D eigenvalue weighted by Gasteiger charge is -2.29. The number of hydrogen-bond donors (Lipinski definition) is 2. The van der Waals surface area contributed by atoms with Crippen LogP contribution in [0.25, 0.3) is 0 Å². The first-order valence-electron chi connectivity index (χ1n) is 6.68. The van der Waals surface area contributed by atoms with E-state index in [1.165, 1.54) is 0 Å². The molecule has 1 aromatic carbocycles. The molecule has 0 amide bonds. The fraction of sp³-hybridized carbons (Fsp3) is 0.562. The van der Waals surface area contributed by atoms with E-state index < -0.39 is 11.4 Å². The Hall–Kier alpha value is -1.35. The molecule has 0 saturated heterocycles. The van der Waals surface area contributed by atoms with Gasteiger partial charge in [0, 0.05) is 0 Å². The lowest BCUT2D eigenvalue weighted by atomic mass is 9.74. The average molecular weight is 263 g/mol.